The maximum absolute atomic E-state index is 6.24. The molecule has 0 fully saturated rings. The molecule has 3 rings (SSSR count). The Kier molecular flexibility index (Phi) is 4.38. The number of fused-ring (bicyclic) bond motifs is 1. The zero-order chi connectivity index (χ0) is 13.8. The molecule has 0 radical (unpaired) electrons. The molecule has 0 saturated carbocycles. The van der Waals surface area contributed by atoms with Gasteiger partial charge in [0.2, 0.25) is 0 Å². The fraction of sp³-hybridized carbons (Fsp3) is 0.467. The molecule has 0 spiro atoms. The predicted molar refractivity (Wildman–Crippen MR) is 81.7 cm³/mol. The zero-order valence-corrected chi connectivity index (χ0v) is 12.4. The second kappa shape index (κ2) is 6.41. The van der Waals surface area contributed by atoms with Crippen molar-refractivity contribution in [1.29, 1.82) is 0 Å². The summed E-state index contributed by atoms with van der Waals surface area (Å²) in [6.45, 7) is 1.05. The van der Waals surface area contributed by atoms with Crippen LogP contribution in [0.2, 0.25) is 0 Å². The SMILES string of the molecule is NC(CSc1nnc2n1CCCCC2)c1ccccc1. The largest absolute Gasteiger partial charge is 0.323 e. The van der Waals surface area contributed by atoms with Crippen LogP contribution in [-0.4, -0.2) is 20.5 Å². The van der Waals surface area contributed by atoms with Crippen LogP contribution in [-0.2, 0) is 13.0 Å². The van der Waals surface area contributed by atoms with Gasteiger partial charge in [-0.2, -0.15) is 0 Å². The Balaban J connectivity index is 1.65. The van der Waals surface area contributed by atoms with Gasteiger partial charge in [-0.3, -0.25) is 0 Å². The Morgan fingerprint density at radius 3 is 2.85 bits per heavy atom. The Bertz CT molecular complexity index is 552. The molecule has 1 aromatic carbocycles. The molecular formula is C15H20N4S. The highest BCUT2D eigenvalue weighted by Gasteiger charge is 2.16. The number of nitrogens with two attached hydrogens (primary N) is 1. The number of hydrogen-bond donors (Lipinski definition) is 1. The van der Waals surface area contributed by atoms with Gasteiger partial charge in [-0.25, -0.2) is 0 Å². The van der Waals surface area contributed by atoms with Gasteiger partial charge in [0.1, 0.15) is 5.82 Å². The van der Waals surface area contributed by atoms with Crippen molar-refractivity contribution in [2.75, 3.05) is 5.75 Å². The molecule has 1 aliphatic rings. The van der Waals surface area contributed by atoms with E-state index in [-0.39, 0.29) is 6.04 Å². The van der Waals surface area contributed by atoms with Crippen LogP contribution in [0.3, 0.4) is 0 Å². The molecule has 2 heterocycles. The molecule has 0 saturated heterocycles. The molecule has 0 bridgehead atoms. The van der Waals surface area contributed by atoms with Gasteiger partial charge in [0.15, 0.2) is 5.16 Å². The summed E-state index contributed by atoms with van der Waals surface area (Å²) < 4.78 is 2.27. The van der Waals surface area contributed by atoms with Gasteiger partial charge >= 0.3 is 0 Å². The second-order valence-corrected chi connectivity index (χ2v) is 6.18. The van der Waals surface area contributed by atoms with Gasteiger partial charge < -0.3 is 10.3 Å². The quantitative estimate of drug-likeness (QED) is 0.879. The van der Waals surface area contributed by atoms with Crippen LogP contribution in [0, 0.1) is 0 Å². The minimum Gasteiger partial charge on any atom is -0.323 e. The average molecular weight is 288 g/mol. The fourth-order valence-electron chi connectivity index (χ4n) is 2.53. The monoisotopic (exact) mass is 288 g/mol. The average Bonchev–Trinajstić information content (AvgIpc) is 2.72. The van der Waals surface area contributed by atoms with Crippen molar-refractivity contribution in [3.05, 3.63) is 41.7 Å². The van der Waals surface area contributed by atoms with Crippen molar-refractivity contribution in [1.82, 2.24) is 14.8 Å². The molecule has 1 atom stereocenters. The van der Waals surface area contributed by atoms with Gasteiger partial charge in [-0.15, -0.1) is 10.2 Å². The highest BCUT2D eigenvalue weighted by Crippen LogP contribution is 2.25. The Labute approximate surface area is 123 Å². The minimum atomic E-state index is 0.0416. The summed E-state index contributed by atoms with van der Waals surface area (Å²) in [7, 11) is 0. The Hall–Kier alpha value is -1.33. The topological polar surface area (TPSA) is 56.7 Å². The molecule has 0 aliphatic carbocycles. The summed E-state index contributed by atoms with van der Waals surface area (Å²) in [5.41, 5.74) is 7.42. The smallest absolute Gasteiger partial charge is 0.191 e. The van der Waals surface area contributed by atoms with E-state index in [9.17, 15) is 0 Å². The molecular weight excluding hydrogens is 268 g/mol. The van der Waals surface area contributed by atoms with Crippen LogP contribution in [0.1, 0.15) is 36.7 Å². The Morgan fingerprint density at radius 1 is 1.15 bits per heavy atom. The third kappa shape index (κ3) is 3.04. The van der Waals surface area contributed by atoms with Crippen molar-refractivity contribution in [3.8, 4) is 0 Å². The lowest BCUT2D eigenvalue weighted by atomic mass is 10.1. The fourth-order valence-corrected chi connectivity index (χ4v) is 3.50. The second-order valence-electron chi connectivity index (χ2n) is 5.19. The maximum atomic E-state index is 6.24. The first-order valence-electron chi connectivity index (χ1n) is 7.20. The molecule has 20 heavy (non-hydrogen) atoms. The summed E-state index contributed by atoms with van der Waals surface area (Å²) in [6.07, 6.45) is 4.80. The van der Waals surface area contributed by atoms with Crippen LogP contribution < -0.4 is 5.73 Å². The molecule has 2 N–H and O–H groups in total. The van der Waals surface area contributed by atoms with E-state index in [0.29, 0.717) is 0 Å². The number of thioether (sulfide) groups is 1. The van der Waals surface area contributed by atoms with E-state index in [0.717, 1.165) is 29.7 Å². The lowest BCUT2D eigenvalue weighted by Gasteiger charge is -2.12. The van der Waals surface area contributed by atoms with Crippen molar-refractivity contribution < 1.29 is 0 Å². The lowest BCUT2D eigenvalue weighted by molar-refractivity contribution is 0.590. The number of aryl methyl sites for hydroxylation is 1. The molecule has 5 heteroatoms. The van der Waals surface area contributed by atoms with Crippen molar-refractivity contribution in [2.45, 2.75) is 43.4 Å². The van der Waals surface area contributed by atoms with Gasteiger partial charge in [-0.1, -0.05) is 48.5 Å². The number of nitrogens with zero attached hydrogens (tertiary/aromatic N) is 3. The van der Waals surface area contributed by atoms with Crippen molar-refractivity contribution in [3.63, 3.8) is 0 Å². The first-order valence-corrected chi connectivity index (χ1v) is 8.18. The van der Waals surface area contributed by atoms with E-state index in [1.807, 2.05) is 18.2 Å². The van der Waals surface area contributed by atoms with E-state index >= 15 is 0 Å². The molecule has 1 unspecified atom stereocenters. The van der Waals surface area contributed by atoms with Gasteiger partial charge in [0.05, 0.1) is 0 Å². The van der Waals surface area contributed by atoms with Crippen molar-refractivity contribution >= 4 is 11.8 Å². The standard InChI is InChI=1S/C15H20N4S/c16-13(12-7-3-1-4-8-12)11-20-15-18-17-14-9-5-2-6-10-19(14)15/h1,3-4,7-8,13H,2,5-6,9-11,16H2. The molecule has 0 amide bonds. The van der Waals surface area contributed by atoms with Gasteiger partial charge in [0.25, 0.3) is 0 Å². The molecule has 106 valence electrons. The van der Waals surface area contributed by atoms with Crippen molar-refractivity contribution in [2.24, 2.45) is 5.73 Å². The first-order chi connectivity index (χ1) is 9.84. The predicted octanol–water partition coefficient (Wildman–Crippen LogP) is 2.80. The first kappa shape index (κ1) is 13.6. The Morgan fingerprint density at radius 2 is 2.00 bits per heavy atom. The lowest BCUT2D eigenvalue weighted by Crippen LogP contribution is -2.13. The van der Waals surface area contributed by atoms with E-state index in [4.69, 9.17) is 5.73 Å². The maximum Gasteiger partial charge on any atom is 0.191 e. The minimum absolute atomic E-state index is 0.0416. The number of rotatable bonds is 4. The third-order valence-corrected chi connectivity index (χ3v) is 4.78. The third-order valence-electron chi connectivity index (χ3n) is 3.70. The number of aromatic nitrogens is 3. The summed E-state index contributed by atoms with van der Waals surface area (Å²) >= 11 is 1.72. The molecule has 1 aliphatic heterocycles. The van der Waals surface area contributed by atoms with E-state index in [2.05, 4.69) is 26.9 Å². The highest BCUT2D eigenvalue weighted by molar-refractivity contribution is 7.99. The van der Waals surface area contributed by atoms with Gasteiger partial charge in [0, 0.05) is 24.8 Å². The summed E-state index contributed by atoms with van der Waals surface area (Å²) in [5.74, 6) is 1.97. The summed E-state index contributed by atoms with van der Waals surface area (Å²) in [5, 5.41) is 9.67. The van der Waals surface area contributed by atoms with Crippen LogP contribution >= 0.6 is 11.8 Å². The number of benzene rings is 1. The van der Waals surface area contributed by atoms with Crippen LogP contribution in [0.5, 0.6) is 0 Å². The van der Waals surface area contributed by atoms with E-state index < -0.39 is 0 Å². The van der Waals surface area contributed by atoms with Crippen LogP contribution in [0.15, 0.2) is 35.5 Å². The molecule has 2 aromatic rings. The normalized spacial score (nSPS) is 16.4. The van der Waals surface area contributed by atoms with Gasteiger partial charge in [-0.05, 0) is 18.4 Å². The summed E-state index contributed by atoms with van der Waals surface area (Å²) in [6, 6.07) is 10.3. The highest BCUT2D eigenvalue weighted by atomic mass is 32.2. The molecule has 1 aromatic heterocycles. The van der Waals surface area contributed by atoms with Crippen LogP contribution in [0.4, 0.5) is 0 Å². The molecule has 4 nitrogen and oxygen atoms in total. The summed E-state index contributed by atoms with van der Waals surface area (Å²) in [4.78, 5) is 0. The zero-order valence-electron chi connectivity index (χ0n) is 11.5. The number of hydrogen-bond acceptors (Lipinski definition) is 4. The van der Waals surface area contributed by atoms with E-state index in [1.165, 1.54) is 24.8 Å². The van der Waals surface area contributed by atoms with Crippen LogP contribution in [0.25, 0.3) is 0 Å². The van der Waals surface area contributed by atoms with E-state index in [1.54, 1.807) is 11.8 Å².